The van der Waals surface area contributed by atoms with Crippen molar-refractivity contribution in [1.82, 2.24) is 5.32 Å². The Morgan fingerprint density at radius 2 is 2.22 bits per heavy atom. The van der Waals surface area contributed by atoms with Gasteiger partial charge in [-0.15, -0.1) is 0 Å². The van der Waals surface area contributed by atoms with Crippen LogP contribution in [0.1, 0.15) is 44.2 Å². The van der Waals surface area contributed by atoms with Crippen LogP contribution in [0.5, 0.6) is 5.75 Å². The zero-order valence-corrected chi connectivity index (χ0v) is 12.8. The Hall–Kier alpha value is -0.540. The van der Waals surface area contributed by atoms with Gasteiger partial charge in [0.1, 0.15) is 5.75 Å². The van der Waals surface area contributed by atoms with E-state index < -0.39 is 0 Å². The Kier molecular flexibility index (Phi) is 5.07. The van der Waals surface area contributed by atoms with Gasteiger partial charge >= 0.3 is 0 Å². The molecule has 2 nitrogen and oxygen atoms in total. The lowest BCUT2D eigenvalue weighted by molar-refractivity contribution is 0.262. The number of nitrogens with one attached hydrogen (secondary N) is 1. The van der Waals surface area contributed by atoms with Gasteiger partial charge in [0.15, 0.2) is 0 Å². The number of hydrogen-bond donors (Lipinski definition) is 1. The normalized spacial score (nSPS) is 17.3. The zero-order chi connectivity index (χ0) is 13.0. The van der Waals surface area contributed by atoms with E-state index in [9.17, 15) is 0 Å². The molecule has 1 aliphatic rings. The largest absolute Gasteiger partial charge is 0.497 e. The van der Waals surface area contributed by atoms with Crippen LogP contribution in [0, 0.1) is 5.92 Å². The minimum Gasteiger partial charge on any atom is -0.497 e. The number of ether oxygens (including phenoxy) is 1. The van der Waals surface area contributed by atoms with Gasteiger partial charge in [-0.3, -0.25) is 0 Å². The highest BCUT2D eigenvalue weighted by Crippen LogP contribution is 2.37. The Morgan fingerprint density at radius 1 is 1.44 bits per heavy atom. The minimum absolute atomic E-state index is 0.459. The fourth-order valence-corrected chi connectivity index (χ4v) is 3.18. The topological polar surface area (TPSA) is 21.3 Å². The lowest BCUT2D eigenvalue weighted by Crippen LogP contribution is -2.26. The highest BCUT2D eigenvalue weighted by atomic mass is 79.9. The fourth-order valence-electron chi connectivity index (χ4n) is 2.55. The minimum atomic E-state index is 0.459. The van der Waals surface area contributed by atoms with Crippen molar-refractivity contribution in [2.24, 2.45) is 5.92 Å². The molecule has 1 saturated carbocycles. The highest BCUT2D eigenvalue weighted by molar-refractivity contribution is 9.10. The number of methoxy groups -OCH3 is 1. The molecule has 18 heavy (non-hydrogen) atoms. The average molecular weight is 312 g/mol. The van der Waals surface area contributed by atoms with Crippen LogP contribution in [0.15, 0.2) is 22.7 Å². The van der Waals surface area contributed by atoms with Gasteiger partial charge in [0.25, 0.3) is 0 Å². The van der Waals surface area contributed by atoms with E-state index in [1.165, 1.54) is 31.2 Å². The molecule has 1 atom stereocenters. The van der Waals surface area contributed by atoms with Crippen molar-refractivity contribution in [1.29, 1.82) is 0 Å². The van der Waals surface area contributed by atoms with E-state index in [2.05, 4.69) is 40.3 Å². The quantitative estimate of drug-likeness (QED) is 0.845. The molecule has 100 valence electrons. The molecule has 3 heteroatoms. The number of halogens is 1. The van der Waals surface area contributed by atoms with Gasteiger partial charge in [0.2, 0.25) is 0 Å². The second kappa shape index (κ2) is 6.58. The lowest BCUT2D eigenvalue weighted by atomic mass is 9.79. The van der Waals surface area contributed by atoms with Crippen LogP contribution in [0.2, 0.25) is 0 Å². The van der Waals surface area contributed by atoms with E-state index in [1.54, 1.807) is 7.11 Å². The van der Waals surface area contributed by atoms with Gasteiger partial charge in [0, 0.05) is 10.5 Å². The van der Waals surface area contributed by atoms with Crippen LogP contribution in [-0.2, 0) is 0 Å². The molecule has 1 aromatic rings. The third kappa shape index (κ3) is 3.27. The molecule has 1 aliphatic carbocycles. The summed E-state index contributed by atoms with van der Waals surface area (Å²) in [7, 11) is 1.71. The molecule has 1 unspecified atom stereocenters. The second-order valence-corrected chi connectivity index (χ2v) is 5.88. The van der Waals surface area contributed by atoms with Crippen molar-refractivity contribution in [3.05, 3.63) is 28.2 Å². The summed E-state index contributed by atoms with van der Waals surface area (Å²) in [6, 6.07) is 6.74. The van der Waals surface area contributed by atoms with Crippen LogP contribution in [0.3, 0.4) is 0 Å². The summed E-state index contributed by atoms with van der Waals surface area (Å²) in [6.45, 7) is 3.18. The highest BCUT2D eigenvalue weighted by Gasteiger charge is 2.23. The van der Waals surface area contributed by atoms with Crippen LogP contribution in [-0.4, -0.2) is 13.7 Å². The molecule has 0 heterocycles. The third-order valence-corrected chi connectivity index (χ3v) is 4.51. The Balaban J connectivity index is 2.12. The fraction of sp³-hybridized carbons (Fsp3) is 0.600. The maximum atomic E-state index is 5.25. The molecule has 0 bridgehead atoms. The average Bonchev–Trinajstić information content (AvgIpc) is 2.32. The van der Waals surface area contributed by atoms with Crippen molar-refractivity contribution in [2.45, 2.75) is 38.6 Å². The maximum absolute atomic E-state index is 5.25. The first-order valence-corrected chi connectivity index (χ1v) is 7.60. The predicted molar refractivity (Wildman–Crippen MR) is 79.1 cm³/mol. The first-order chi connectivity index (χ1) is 8.74. The molecule has 0 amide bonds. The summed E-state index contributed by atoms with van der Waals surface area (Å²) in [6.07, 6.45) is 5.46. The van der Waals surface area contributed by atoms with Gasteiger partial charge in [-0.1, -0.05) is 48.2 Å². The molecule has 0 aromatic heterocycles. The van der Waals surface area contributed by atoms with Crippen molar-refractivity contribution >= 4 is 15.9 Å². The maximum Gasteiger partial charge on any atom is 0.120 e. The van der Waals surface area contributed by atoms with Crippen molar-refractivity contribution in [3.8, 4) is 5.75 Å². The molecule has 0 spiro atoms. The van der Waals surface area contributed by atoms with Gasteiger partial charge < -0.3 is 10.1 Å². The molecule has 1 N–H and O–H groups in total. The molecule has 2 rings (SSSR count). The van der Waals surface area contributed by atoms with Crippen LogP contribution in [0.25, 0.3) is 0 Å². The Morgan fingerprint density at radius 3 is 2.72 bits per heavy atom. The first kappa shape index (κ1) is 13.9. The number of benzene rings is 1. The molecule has 0 saturated heterocycles. The van der Waals surface area contributed by atoms with E-state index >= 15 is 0 Å². The van der Waals surface area contributed by atoms with E-state index in [0.717, 1.165) is 22.7 Å². The third-order valence-electron chi connectivity index (χ3n) is 3.83. The predicted octanol–water partition coefficient (Wildman–Crippen LogP) is 4.30. The van der Waals surface area contributed by atoms with Gasteiger partial charge in [-0.2, -0.15) is 0 Å². The summed E-state index contributed by atoms with van der Waals surface area (Å²) in [4.78, 5) is 0. The molecule has 1 fully saturated rings. The number of hydrogen-bond acceptors (Lipinski definition) is 2. The van der Waals surface area contributed by atoms with Crippen LogP contribution < -0.4 is 10.1 Å². The van der Waals surface area contributed by atoms with Gasteiger partial charge in [-0.05, 0) is 36.6 Å². The smallest absolute Gasteiger partial charge is 0.120 e. The molecular weight excluding hydrogens is 290 g/mol. The van der Waals surface area contributed by atoms with E-state index in [4.69, 9.17) is 4.74 Å². The van der Waals surface area contributed by atoms with E-state index in [-0.39, 0.29) is 0 Å². The van der Waals surface area contributed by atoms with Crippen molar-refractivity contribution in [2.75, 3.05) is 13.7 Å². The van der Waals surface area contributed by atoms with Crippen molar-refractivity contribution in [3.63, 3.8) is 0 Å². The van der Waals surface area contributed by atoms with E-state index in [0.29, 0.717) is 6.04 Å². The SMILES string of the molecule is CCNC(CC1CCC1)c1ccc(OC)cc1Br. The summed E-state index contributed by atoms with van der Waals surface area (Å²) in [5.74, 6) is 1.81. The summed E-state index contributed by atoms with van der Waals surface area (Å²) >= 11 is 3.67. The van der Waals surface area contributed by atoms with Crippen LogP contribution >= 0.6 is 15.9 Å². The Bertz CT molecular complexity index is 390. The molecule has 1 aromatic carbocycles. The summed E-state index contributed by atoms with van der Waals surface area (Å²) in [5, 5.41) is 3.61. The van der Waals surface area contributed by atoms with Crippen molar-refractivity contribution < 1.29 is 4.74 Å². The Labute approximate surface area is 118 Å². The van der Waals surface area contributed by atoms with Gasteiger partial charge in [0.05, 0.1) is 7.11 Å². The zero-order valence-electron chi connectivity index (χ0n) is 11.2. The molecule has 0 radical (unpaired) electrons. The summed E-state index contributed by atoms with van der Waals surface area (Å²) < 4.78 is 6.40. The lowest BCUT2D eigenvalue weighted by Gasteiger charge is -2.30. The second-order valence-electron chi connectivity index (χ2n) is 5.03. The number of rotatable bonds is 6. The molecular formula is C15H22BrNO. The monoisotopic (exact) mass is 311 g/mol. The molecule has 0 aliphatic heterocycles. The van der Waals surface area contributed by atoms with Crippen LogP contribution in [0.4, 0.5) is 0 Å². The first-order valence-electron chi connectivity index (χ1n) is 6.81. The summed E-state index contributed by atoms with van der Waals surface area (Å²) in [5.41, 5.74) is 1.35. The van der Waals surface area contributed by atoms with E-state index in [1.807, 2.05) is 6.07 Å². The van der Waals surface area contributed by atoms with Gasteiger partial charge in [-0.25, -0.2) is 0 Å². The standard InChI is InChI=1S/C15H22BrNO/c1-3-17-15(9-11-5-4-6-11)13-8-7-12(18-2)10-14(13)16/h7-8,10-11,15,17H,3-6,9H2,1-2H3.